The zero-order valence-electron chi connectivity index (χ0n) is 10.6. The molecule has 18 heavy (non-hydrogen) atoms. The van der Waals surface area contributed by atoms with Crippen molar-refractivity contribution in [1.82, 2.24) is 9.38 Å². The summed E-state index contributed by atoms with van der Waals surface area (Å²) in [6.45, 7) is 3.89. The van der Waals surface area contributed by atoms with Crippen molar-refractivity contribution in [3.05, 3.63) is 42.1 Å². The summed E-state index contributed by atoms with van der Waals surface area (Å²) < 4.78 is 12.8. The summed E-state index contributed by atoms with van der Waals surface area (Å²) in [5.41, 5.74) is 2.74. The number of pyridine rings is 1. The number of aryl methyl sites for hydroxylation is 2. The van der Waals surface area contributed by atoms with Gasteiger partial charge in [-0.05, 0) is 32.0 Å². The van der Waals surface area contributed by atoms with E-state index in [1.165, 1.54) is 0 Å². The Bertz CT molecular complexity index is 710. The van der Waals surface area contributed by atoms with Crippen LogP contribution in [-0.2, 0) is 0 Å². The second kappa shape index (κ2) is 3.91. The predicted octanol–water partition coefficient (Wildman–Crippen LogP) is 3.22. The number of imidazole rings is 1. The molecule has 0 fully saturated rings. The number of fused-ring (bicyclic) bond motifs is 1. The molecule has 0 aliphatic heterocycles. The lowest BCUT2D eigenvalue weighted by atomic mass is 10.2. The number of aromatic nitrogens is 2. The summed E-state index contributed by atoms with van der Waals surface area (Å²) in [6.07, 6.45) is 3.94. The van der Waals surface area contributed by atoms with Crippen LogP contribution in [0.3, 0.4) is 0 Å². The van der Waals surface area contributed by atoms with Crippen molar-refractivity contribution in [1.29, 1.82) is 0 Å². The molecule has 0 aliphatic rings. The van der Waals surface area contributed by atoms with Gasteiger partial charge in [0, 0.05) is 18.0 Å². The molecule has 3 aromatic heterocycles. The van der Waals surface area contributed by atoms with Gasteiger partial charge in [-0.25, -0.2) is 4.98 Å². The SMILES string of the molecule is COc1cccn2cc(-c3cc(C)oc3C)nc12. The van der Waals surface area contributed by atoms with Crippen LogP contribution < -0.4 is 4.74 Å². The van der Waals surface area contributed by atoms with Crippen LogP contribution in [0.2, 0.25) is 0 Å². The second-order valence-corrected chi connectivity index (χ2v) is 4.26. The maximum absolute atomic E-state index is 5.54. The monoisotopic (exact) mass is 242 g/mol. The fraction of sp³-hybridized carbons (Fsp3) is 0.214. The molecule has 0 aliphatic carbocycles. The van der Waals surface area contributed by atoms with Crippen LogP contribution in [0.1, 0.15) is 11.5 Å². The summed E-state index contributed by atoms with van der Waals surface area (Å²) in [5, 5.41) is 0. The molecule has 0 spiro atoms. The van der Waals surface area contributed by atoms with Gasteiger partial charge in [-0.2, -0.15) is 0 Å². The van der Waals surface area contributed by atoms with Gasteiger partial charge in [0.05, 0.1) is 12.8 Å². The van der Waals surface area contributed by atoms with Gasteiger partial charge in [-0.1, -0.05) is 0 Å². The third kappa shape index (κ3) is 1.57. The lowest BCUT2D eigenvalue weighted by Crippen LogP contribution is -1.88. The molecule has 0 radical (unpaired) electrons. The largest absolute Gasteiger partial charge is 0.493 e. The molecular formula is C14H14N2O2. The topological polar surface area (TPSA) is 39.7 Å². The Labute approximate surface area is 105 Å². The second-order valence-electron chi connectivity index (χ2n) is 4.26. The minimum absolute atomic E-state index is 0.765. The van der Waals surface area contributed by atoms with Crippen LogP contribution in [0.5, 0.6) is 5.75 Å². The molecule has 0 bridgehead atoms. The molecule has 0 atom stereocenters. The third-order valence-corrected chi connectivity index (χ3v) is 2.98. The van der Waals surface area contributed by atoms with Crippen LogP contribution in [0, 0.1) is 13.8 Å². The van der Waals surface area contributed by atoms with Gasteiger partial charge < -0.3 is 13.6 Å². The van der Waals surface area contributed by atoms with Gasteiger partial charge in [-0.15, -0.1) is 0 Å². The minimum Gasteiger partial charge on any atom is -0.493 e. The average molecular weight is 242 g/mol. The third-order valence-electron chi connectivity index (χ3n) is 2.98. The molecule has 0 saturated heterocycles. The van der Waals surface area contributed by atoms with E-state index in [9.17, 15) is 0 Å². The van der Waals surface area contributed by atoms with Crippen molar-refractivity contribution in [2.24, 2.45) is 0 Å². The van der Waals surface area contributed by atoms with E-state index >= 15 is 0 Å². The molecule has 0 unspecified atom stereocenters. The van der Waals surface area contributed by atoms with Gasteiger partial charge in [0.2, 0.25) is 0 Å². The Morgan fingerprint density at radius 2 is 2.17 bits per heavy atom. The Morgan fingerprint density at radius 3 is 2.83 bits per heavy atom. The maximum atomic E-state index is 5.54. The summed E-state index contributed by atoms with van der Waals surface area (Å²) in [5.74, 6) is 2.54. The number of nitrogens with zero attached hydrogens (tertiary/aromatic N) is 2. The van der Waals surface area contributed by atoms with Gasteiger partial charge in [0.15, 0.2) is 11.4 Å². The highest BCUT2D eigenvalue weighted by Crippen LogP contribution is 2.28. The predicted molar refractivity (Wildman–Crippen MR) is 68.9 cm³/mol. The number of ether oxygens (including phenoxy) is 1. The first kappa shape index (κ1) is 10.9. The molecule has 3 aromatic rings. The van der Waals surface area contributed by atoms with E-state index in [0.717, 1.165) is 34.2 Å². The summed E-state index contributed by atoms with van der Waals surface area (Å²) >= 11 is 0. The van der Waals surface area contributed by atoms with Crippen LogP contribution in [0.25, 0.3) is 16.9 Å². The van der Waals surface area contributed by atoms with Gasteiger partial charge >= 0.3 is 0 Å². The first-order valence-corrected chi connectivity index (χ1v) is 5.78. The van der Waals surface area contributed by atoms with E-state index in [2.05, 4.69) is 4.98 Å². The number of furan rings is 1. The summed E-state index contributed by atoms with van der Waals surface area (Å²) in [4.78, 5) is 4.61. The van der Waals surface area contributed by atoms with Gasteiger partial charge in [0.25, 0.3) is 0 Å². The summed E-state index contributed by atoms with van der Waals surface area (Å²) in [6, 6.07) is 5.84. The normalized spacial score (nSPS) is 11.1. The maximum Gasteiger partial charge on any atom is 0.180 e. The quantitative estimate of drug-likeness (QED) is 0.692. The first-order chi connectivity index (χ1) is 8.69. The molecule has 3 heterocycles. The molecule has 92 valence electrons. The van der Waals surface area contributed by atoms with Crippen LogP contribution in [0.15, 0.2) is 35.0 Å². The highest BCUT2D eigenvalue weighted by atomic mass is 16.5. The van der Waals surface area contributed by atoms with Crippen molar-refractivity contribution in [3.63, 3.8) is 0 Å². The van der Waals surface area contributed by atoms with E-state index in [4.69, 9.17) is 9.15 Å². The van der Waals surface area contributed by atoms with E-state index in [1.807, 2.05) is 48.8 Å². The minimum atomic E-state index is 0.765. The smallest absolute Gasteiger partial charge is 0.180 e. The van der Waals surface area contributed by atoms with Crippen molar-refractivity contribution in [2.45, 2.75) is 13.8 Å². The summed E-state index contributed by atoms with van der Waals surface area (Å²) in [7, 11) is 1.65. The zero-order valence-corrected chi connectivity index (χ0v) is 10.6. The van der Waals surface area contributed by atoms with E-state index in [-0.39, 0.29) is 0 Å². The molecule has 0 amide bonds. The van der Waals surface area contributed by atoms with Crippen molar-refractivity contribution in [3.8, 4) is 17.0 Å². The van der Waals surface area contributed by atoms with Crippen LogP contribution in [0.4, 0.5) is 0 Å². The number of rotatable bonds is 2. The first-order valence-electron chi connectivity index (χ1n) is 5.78. The van der Waals surface area contributed by atoms with E-state index in [1.54, 1.807) is 7.11 Å². The molecule has 0 aromatic carbocycles. The molecule has 4 nitrogen and oxygen atoms in total. The van der Waals surface area contributed by atoms with Crippen LogP contribution in [-0.4, -0.2) is 16.5 Å². The van der Waals surface area contributed by atoms with Crippen LogP contribution >= 0.6 is 0 Å². The highest BCUT2D eigenvalue weighted by molar-refractivity contribution is 5.67. The Hall–Kier alpha value is -2.23. The Kier molecular flexibility index (Phi) is 2.37. The van der Waals surface area contributed by atoms with Crippen molar-refractivity contribution in [2.75, 3.05) is 7.11 Å². The lowest BCUT2D eigenvalue weighted by Gasteiger charge is -1.99. The highest BCUT2D eigenvalue weighted by Gasteiger charge is 2.12. The van der Waals surface area contributed by atoms with Crippen molar-refractivity contribution < 1.29 is 9.15 Å². The van der Waals surface area contributed by atoms with Crippen molar-refractivity contribution >= 4 is 5.65 Å². The molecule has 3 rings (SSSR count). The average Bonchev–Trinajstić information content (AvgIpc) is 2.91. The fourth-order valence-corrected chi connectivity index (χ4v) is 2.16. The molecule has 0 N–H and O–H groups in total. The fourth-order valence-electron chi connectivity index (χ4n) is 2.16. The Balaban J connectivity index is 2.22. The van der Waals surface area contributed by atoms with Gasteiger partial charge in [0.1, 0.15) is 11.5 Å². The zero-order chi connectivity index (χ0) is 12.7. The molecule has 0 saturated carbocycles. The lowest BCUT2D eigenvalue weighted by molar-refractivity contribution is 0.417. The van der Waals surface area contributed by atoms with Gasteiger partial charge in [-0.3, -0.25) is 0 Å². The Morgan fingerprint density at radius 1 is 1.33 bits per heavy atom. The standard InChI is InChI=1S/C14H14N2O2/c1-9-7-11(10(2)18-9)12-8-16-6-4-5-13(17-3)14(16)15-12/h4-8H,1-3H3. The number of hydrogen-bond acceptors (Lipinski definition) is 3. The number of methoxy groups -OCH3 is 1. The van der Waals surface area contributed by atoms with E-state index < -0.39 is 0 Å². The number of hydrogen-bond donors (Lipinski definition) is 0. The molecule has 4 heteroatoms. The van der Waals surface area contributed by atoms with E-state index in [0.29, 0.717) is 0 Å². The molecular weight excluding hydrogens is 228 g/mol.